The van der Waals surface area contributed by atoms with E-state index in [2.05, 4.69) is 10.1 Å². The Morgan fingerprint density at radius 2 is 2.00 bits per heavy atom. The van der Waals surface area contributed by atoms with Crippen LogP contribution >= 0.6 is 0 Å². The SMILES string of the molecule is Cc1cc(C(=O)c2cc(C)nn2C)ccn1. The van der Waals surface area contributed by atoms with Crippen LogP contribution in [0.25, 0.3) is 0 Å². The van der Waals surface area contributed by atoms with E-state index in [1.54, 1.807) is 36.1 Å². The van der Waals surface area contributed by atoms with Gasteiger partial charge in [0, 0.05) is 24.5 Å². The lowest BCUT2D eigenvalue weighted by atomic mass is 10.1. The normalized spacial score (nSPS) is 10.4. The number of carbonyl (C=O) groups is 1. The first-order valence-electron chi connectivity index (χ1n) is 5.06. The van der Waals surface area contributed by atoms with Crippen LogP contribution in [0.15, 0.2) is 24.4 Å². The molecule has 0 N–H and O–H groups in total. The first-order chi connectivity index (χ1) is 7.58. The van der Waals surface area contributed by atoms with Crippen molar-refractivity contribution < 1.29 is 4.79 Å². The number of ketones is 1. The molecule has 2 heterocycles. The first kappa shape index (κ1) is 10.5. The number of hydrogen-bond acceptors (Lipinski definition) is 3. The van der Waals surface area contributed by atoms with Gasteiger partial charge in [0.1, 0.15) is 5.69 Å². The van der Waals surface area contributed by atoms with E-state index < -0.39 is 0 Å². The van der Waals surface area contributed by atoms with Crippen molar-refractivity contribution in [1.29, 1.82) is 0 Å². The second-order valence-electron chi connectivity index (χ2n) is 3.81. The summed E-state index contributed by atoms with van der Waals surface area (Å²) in [5, 5.41) is 4.16. The van der Waals surface area contributed by atoms with E-state index in [9.17, 15) is 4.79 Å². The monoisotopic (exact) mass is 215 g/mol. The zero-order valence-corrected chi connectivity index (χ0v) is 9.56. The molecule has 0 aromatic carbocycles. The van der Waals surface area contributed by atoms with Gasteiger partial charge in [0.25, 0.3) is 0 Å². The Labute approximate surface area is 93.9 Å². The van der Waals surface area contributed by atoms with Gasteiger partial charge in [-0.1, -0.05) is 0 Å². The van der Waals surface area contributed by atoms with Gasteiger partial charge in [-0.3, -0.25) is 14.5 Å². The standard InChI is InChI=1S/C12H13N3O/c1-8-6-10(4-5-13-8)12(16)11-7-9(2)14-15(11)3/h4-7H,1-3H3. The predicted molar refractivity (Wildman–Crippen MR) is 60.4 cm³/mol. The minimum atomic E-state index is -0.0198. The summed E-state index contributed by atoms with van der Waals surface area (Å²) >= 11 is 0. The van der Waals surface area contributed by atoms with Crippen LogP contribution in [0.2, 0.25) is 0 Å². The largest absolute Gasteiger partial charge is 0.287 e. The highest BCUT2D eigenvalue weighted by Gasteiger charge is 2.14. The molecule has 0 aliphatic heterocycles. The molecule has 0 radical (unpaired) electrons. The topological polar surface area (TPSA) is 47.8 Å². The Balaban J connectivity index is 2.43. The van der Waals surface area contributed by atoms with Crippen LogP contribution < -0.4 is 0 Å². The number of rotatable bonds is 2. The summed E-state index contributed by atoms with van der Waals surface area (Å²) in [5.41, 5.74) is 2.93. The van der Waals surface area contributed by atoms with E-state index in [1.165, 1.54) is 0 Å². The molecule has 0 spiro atoms. The molecule has 2 aromatic heterocycles. The molecule has 0 aliphatic rings. The lowest BCUT2D eigenvalue weighted by Gasteiger charge is -2.01. The van der Waals surface area contributed by atoms with Crippen LogP contribution in [0.3, 0.4) is 0 Å². The highest BCUT2D eigenvalue weighted by molar-refractivity contribution is 6.07. The van der Waals surface area contributed by atoms with Crippen LogP contribution in [0.5, 0.6) is 0 Å². The summed E-state index contributed by atoms with van der Waals surface area (Å²) in [5.74, 6) is -0.0198. The van der Waals surface area contributed by atoms with Crippen molar-refractivity contribution in [2.45, 2.75) is 13.8 Å². The van der Waals surface area contributed by atoms with E-state index in [0.29, 0.717) is 11.3 Å². The predicted octanol–water partition coefficient (Wildman–Crippen LogP) is 1.66. The zero-order valence-electron chi connectivity index (χ0n) is 9.56. The summed E-state index contributed by atoms with van der Waals surface area (Å²) in [6, 6.07) is 5.29. The summed E-state index contributed by atoms with van der Waals surface area (Å²) in [6.07, 6.45) is 1.64. The van der Waals surface area contributed by atoms with Gasteiger partial charge in [-0.15, -0.1) is 0 Å². The van der Waals surface area contributed by atoms with Gasteiger partial charge in [0.05, 0.1) is 5.69 Å². The van der Waals surface area contributed by atoms with Crippen molar-refractivity contribution in [2.75, 3.05) is 0 Å². The molecule has 16 heavy (non-hydrogen) atoms. The van der Waals surface area contributed by atoms with Crippen molar-refractivity contribution in [3.63, 3.8) is 0 Å². The van der Waals surface area contributed by atoms with E-state index in [4.69, 9.17) is 0 Å². The van der Waals surface area contributed by atoms with E-state index in [0.717, 1.165) is 11.4 Å². The molecule has 0 unspecified atom stereocenters. The van der Waals surface area contributed by atoms with Crippen LogP contribution in [0.1, 0.15) is 27.4 Å². The maximum Gasteiger partial charge on any atom is 0.211 e. The van der Waals surface area contributed by atoms with Crippen LogP contribution in [0.4, 0.5) is 0 Å². The van der Waals surface area contributed by atoms with Crippen molar-refractivity contribution in [1.82, 2.24) is 14.8 Å². The van der Waals surface area contributed by atoms with E-state index in [-0.39, 0.29) is 5.78 Å². The molecule has 0 atom stereocenters. The molecule has 0 fully saturated rings. The number of aromatic nitrogens is 3. The van der Waals surface area contributed by atoms with Crippen molar-refractivity contribution in [3.05, 3.63) is 47.0 Å². The summed E-state index contributed by atoms with van der Waals surface area (Å²) in [4.78, 5) is 16.2. The molecular formula is C12H13N3O. The van der Waals surface area contributed by atoms with Crippen LogP contribution in [0, 0.1) is 13.8 Å². The Bertz CT molecular complexity index is 543. The molecule has 0 saturated carbocycles. The van der Waals surface area contributed by atoms with Gasteiger partial charge in [0.2, 0.25) is 5.78 Å². The molecule has 2 aromatic rings. The van der Waals surface area contributed by atoms with Gasteiger partial charge in [0.15, 0.2) is 0 Å². The smallest absolute Gasteiger partial charge is 0.211 e. The summed E-state index contributed by atoms with van der Waals surface area (Å²) in [6.45, 7) is 3.74. The van der Waals surface area contributed by atoms with Gasteiger partial charge in [-0.05, 0) is 32.0 Å². The fraction of sp³-hybridized carbons (Fsp3) is 0.250. The maximum atomic E-state index is 12.1. The molecule has 0 saturated heterocycles. The third-order valence-electron chi connectivity index (χ3n) is 2.39. The molecule has 0 amide bonds. The number of hydrogen-bond donors (Lipinski definition) is 0. The third kappa shape index (κ3) is 1.86. The second-order valence-corrected chi connectivity index (χ2v) is 3.81. The summed E-state index contributed by atoms with van der Waals surface area (Å²) in [7, 11) is 1.77. The summed E-state index contributed by atoms with van der Waals surface area (Å²) < 4.78 is 1.60. The molecule has 2 rings (SSSR count). The average Bonchev–Trinajstić information content (AvgIpc) is 2.57. The number of carbonyl (C=O) groups excluding carboxylic acids is 1. The first-order valence-corrected chi connectivity index (χ1v) is 5.06. The van der Waals surface area contributed by atoms with Gasteiger partial charge in [-0.2, -0.15) is 5.10 Å². The molecule has 4 heteroatoms. The van der Waals surface area contributed by atoms with Gasteiger partial charge in [-0.25, -0.2) is 0 Å². The minimum absolute atomic E-state index is 0.0198. The second kappa shape index (κ2) is 3.89. The fourth-order valence-corrected chi connectivity index (χ4v) is 1.66. The van der Waals surface area contributed by atoms with Crippen molar-refractivity contribution in [3.8, 4) is 0 Å². The number of aryl methyl sites for hydroxylation is 3. The minimum Gasteiger partial charge on any atom is -0.287 e. The van der Waals surface area contributed by atoms with Gasteiger partial charge >= 0.3 is 0 Å². The van der Waals surface area contributed by atoms with Crippen molar-refractivity contribution in [2.24, 2.45) is 7.05 Å². The van der Waals surface area contributed by atoms with Crippen LogP contribution in [-0.2, 0) is 7.05 Å². The van der Waals surface area contributed by atoms with E-state index in [1.807, 2.05) is 13.8 Å². The third-order valence-corrected chi connectivity index (χ3v) is 2.39. The van der Waals surface area contributed by atoms with Crippen LogP contribution in [-0.4, -0.2) is 20.5 Å². The zero-order chi connectivity index (χ0) is 11.7. The van der Waals surface area contributed by atoms with Gasteiger partial charge < -0.3 is 0 Å². The molecule has 0 aliphatic carbocycles. The lowest BCUT2D eigenvalue weighted by molar-refractivity contribution is 0.103. The Morgan fingerprint density at radius 3 is 2.56 bits per heavy atom. The fourth-order valence-electron chi connectivity index (χ4n) is 1.66. The average molecular weight is 215 g/mol. The molecule has 0 bridgehead atoms. The highest BCUT2D eigenvalue weighted by atomic mass is 16.1. The highest BCUT2D eigenvalue weighted by Crippen LogP contribution is 2.10. The maximum absolute atomic E-state index is 12.1. The Morgan fingerprint density at radius 1 is 1.25 bits per heavy atom. The Hall–Kier alpha value is -1.97. The van der Waals surface area contributed by atoms with Crippen molar-refractivity contribution >= 4 is 5.78 Å². The number of nitrogens with zero attached hydrogens (tertiary/aromatic N) is 3. The molecule has 4 nitrogen and oxygen atoms in total. The number of pyridine rings is 1. The molecule has 82 valence electrons. The lowest BCUT2D eigenvalue weighted by Crippen LogP contribution is -2.08. The quantitative estimate of drug-likeness (QED) is 0.716. The van der Waals surface area contributed by atoms with E-state index >= 15 is 0 Å². The molecular weight excluding hydrogens is 202 g/mol. The Kier molecular flexibility index (Phi) is 2.56.